The Bertz CT molecular complexity index is 1210. The fourth-order valence-corrected chi connectivity index (χ4v) is 7.67. The van der Waals surface area contributed by atoms with E-state index >= 15 is 0 Å². The van der Waals surface area contributed by atoms with Crippen LogP contribution in [0.5, 0.6) is 0 Å². The molecule has 0 aliphatic carbocycles. The maximum atomic E-state index is 13.0. The van der Waals surface area contributed by atoms with Gasteiger partial charge in [0, 0.05) is 30.4 Å². The number of likely N-dealkylation sites (tertiary alicyclic amines) is 1. The summed E-state index contributed by atoms with van der Waals surface area (Å²) in [7, 11) is -3.22. The van der Waals surface area contributed by atoms with Crippen molar-refractivity contribution in [3.8, 4) is 10.4 Å². The summed E-state index contributed by atoms with van der Waals surface area (Å²) in [6.07, 6.45) is -5.08. The summed E-state index contributed by atoms with van der Waals surface area (Å²) < 4.78 is 57.7. The van der Waals surface area contributed by atoms with Crippen LogP contribution in [0.4, 0.5) is 13.2 Å². The summed E-state index contributed by atoms with van der Waals surface area (Å²) in [4.78, 5) is 12.9. The molecule has 0 radical (unpaired) electrons. The molecule has 0 bridgehead atoms. The molecule has 11 heteroatoms. The summed E-state index contributed by atoms with van der Waals surface area (Å²) in [6, 6.07) is 12.1. The van der Waals surface area contributed by atoms with Crippen LogP contribution in [0.25, 0.3) is 10.4 Å². The Hall–Kier alpha value is -2.21. The van der Waals surface area contributed by atoms with Crippen molar-refractivity contribution in [2.75, 3.05) is 13.1 Å². The number of hydrogen-bond acceptors (Lipinski definition) is 6. The van der Waals surface area contributed by atoms with Crippen molar-refractivity contribution in [1.82, 2.24) is 4.90 Å². The lowest BCUT2D eigenvalue weighted by molar-refractivity contribution is -0.192. The summed E-state index contributed by atoms with van der Waals surface area (Å²) in [5.74, 6) is -2.66. The number of hydrogen-bond donors (Lipinski definition) is 1. The highest BCUT2D eigenvalue weighted by molar-refractivity contribution is 7.92. The van der Waals surface area contributed by atoms with E-state index in [9.17, 15) is 21.6 Å². The summed E-state index contributed by atoms with van der Waals surface area (Å²) >= 11 is 3.38. The van der Waals surface area contributed by atoms with Crippen molar-refractivity contribution < 1.29 is 31.5 Å². The van der Waals surface area contributed by atoms with E-state index in [4.69, 9.17) is 9.90 Å². The lowest BCUT2D eigenvalue weighted by atomic mass is 9.96. The van der Waals surface area contributed by atoms with Gasteiger partial charge in [0.25, 0.3) is 0 Å². The summed E-state index contributed by atoms with van der Waals surface area (Å²) in [6.45, 7) is 2.29. The Morgan fingerprint density at radius 1 is 1.16 bits per heavy atom. The monoisotopic (exact) mass is 501 g/mol. The van der Waals surface area contributed by atoms with E-state index < -0.39 is 22.0 Å². The Kier molecular flexibility index (Phi) is 6.19. The zero-order valence-electron chi connectivity index (χ0n) is 16.4. The lowest BCUT2D eigenvalue weighted by Crippen LogP contribution is -2.25. The van der Waals surface area contributed by atoms with Crippen LogP contribution in [-0.2, 0) is 21.2 Å². The van der Waals surface area contributed by atoms with Crippen LogP contribution in [0, 0.1) is 0 Å². The fraction of sp³-hybridized carbons (Fsp3) is 0.286. The van der Waals surface area contributed by atoms with Crippen molar-refractivity contribution in [2.45, 2.75) is 28.8 Å². The van der Waals surface area contributed by atoms with Gasteiger partial charge in [0.15, 0.2) is 9.84 Å². The Morgan fingerprint density at radius 3 is 2.50 bits per heavy atom. The third kappa shape index (κ3) is 4.47. The molecule has 0 spiro atoms. The molecule has 0 saturated carbocycles. The van der Waals surface area contributed by atoms with Gasteiger partial charge in [-0.2, -0.15) is 24.5 Å². The smallest absolute Gasteiger partial charge is 0.475 e. The Labute approximate surface area is 190 Å². The number of carboxylic acids is 1. The quantitative estimate of drug-likeness (QED) is 0.555. The molecule has 170 valence electrons. The van der Waals surface area contributed by atoms with Crippen LogP contribution < -0.4 is 0 Å². The van der Waals surface area contributed by atoms with Crippen LogP contribution >= 0.6 is 22.7 Å². The number of thiophene rings is 2. The number of halogens is 3. The van der Waals surface area contributed by atoms with Gasteiger partial charge in [-0.25, -0.2) is 13.2 Å². The molecule has 1 saturated heterocycles. The van der Waals surface area contributed by atoms with E-state index in [1.807, 2.05) is 18.2 Å². The molecule has 1 N–H and O–H groups in total. The van der Waals surface area contributed by atoms with E-state index in [1.54, 1.807) is 22.7 Å². The first kappa shape index (κ1) is 23.0. The van der Waals surface area contributed by atoms with Crippen LogP contribution in [-0.4, -0.2) is 48.9 Å². The maximum Gasteiger partial charge on any atom is 0.490 e. The van der Waals surface area contributed by atoms with Gasteiger partial charge >= 0.3 is 12.1 Å². The number of sulfone groups is 1. The molecule has 2 aliphatic heterocycles. The number of rotatable bonds is 3. The lowest BCUT2D eigenvalue weighted by Gasteiger charge is -2.16. The predicted octanol–water partition coefficient (Wildman–Crippen LogP) is 4.87. The van der Waals surface area contributed by atoms with E-state index in [0.717, 1.165) is 24.2 Å². The first-order valence-corrected chi connectivity index (χ1v) is 12.9. The second-order valence-corrected chi connectivity index (χ2v) is 11.4. The van der Waals surface area contributed by atoms with Crippen molar-refractivity contribution >= 4 is 38.5 Å². The van der Waals surface area contributed by atoms with Crippen LogP contribution in [0.2, 0.25) is 0 Å². The van der Waals surface area contributed by atoms with Crippen molar-refractivity contribution in [2.24, 2.45) is 0 Å². The minimum atomic E-state index is -5.08. The Morgan fingerprint density at radius 2 is 1.91 bits per heavy atom. The van der Waals surface area contributed by atoms with Gasteiger partial charge in [-0.1, -0.05) is 12.1 Å². The fourth-order valence-electron chi connectivity index (χ4n) is 4.09. The molecule has 1 fully saturated rings. The SMILES string of the molecule is O=C(O)C(F)(F)F.O=S1(=O)c2ccc(-c3cccs3)cc2C2CN(Cc3ccsc3)CC21. The van der Waals surface area contributed by atoms with Crippen molar-refractivity contribution in [3.05, 3.63) is 63.7 Å². The molecular weight excluding hydrogens is 483 g/mol. The van der Waals surface area contributed by atoms with Gasteiger partial charge in [0.2, 0.25) is 0 Å². The number of benzene rings is 1. The molecule has 0 amide bonds. The van der Waals surface area contributed by atoms with Crippen molar-refractivity contribution in [1.29, 1.82) is 0 Å². The average molecular weight is 502 g/mol. The number of nitrogens with zero attached hydrogens (tertiary/aromatic N) is 1. The minimum absolute atomic E-state index is 0.0959. The standard InChI is InChI=1S/C19H17NO2S3.C2HF3O2/c21-25(22)18-4-3-14(17-2-1-6-24-17)8-15(18)16-10-20(11-19(16)25)9-13-5-7-23-12-13;3-2(4,5)1(6)7/h1-8,12,16,19H,9-11H2;(H,6,7). The Balaban J connectivity index is 0.000000307. The average Bonchev–Trinajstić information content (AvgIpc) is 3.51. The van der Waals surface area contributed by atoms with E-state index in [-0.39, 0.29) is 11.2 Å². The van der Waals surface area contributed by atoms with Gasteiger partial charge in [0.05, 0.1) is 10.1 Å². The third-order valence-electron chi connectivity index (χ3n) is 5.49. The first-order chi connectivity index (χ1) is 15.1. The second kappa shape index (κ2) is 8.62. The molecule has 3 aromatic rings. The molecule has 2 atom stereocenters. The van der Waals surface area contributed by atoms with E-state index in [2.05, 4.69) is 39.2 Å². The van der Waals surface area contributed by atoms with Crippen LogP contribution in [0.15, 0.2) is 57.4 Å². The highest BCUT2D eigenvalue weighted by Crippen LogP contribution is 2.46. The zero-order valence-corrected chi connectivity index (χ0v) is 18.9. The van der Waals surface area contributed by atoms with Gasteiger partial charge in [0.1, 0.15) is 0 Å². The number of carboxylic acid groups (broad SMARTS) is 1. The molecule has 1 aromatic carbocycles. The topological polar surface area (TPSA) is 74.7 Å². The van der Waals surface area contributed by atoms with Crippen LogP contribution in [0.3, 0.4) is 0 Å². The van der Waals surface area contributed by atoms with Crippen LogP contribution in [0.1, 0.15) is 17.0 Å². The number of fused-ring (bicyclic) bond motifs is 3. The minimum Gasteiger partial charge on any atom is -0.475 e. The highest BCUT2D eigenvalue weighted by atomic mass is 32.2. The maximum absolute atomic E-state index is 13.0. The van der Waals surface area contributed by atoms with E-state index in [1.165, 1.54) is 10.4 Å². The van der Waals surface area contributed by atoms with Gasteiger partial charge < -0.3 is 5.11 Å². The number of carbonyl (C=O) groups is 1. The molecule has 32 heavy (non-hydrogen) atoms. The normalized spacial score (nSPS) is 21.5. The third-order valence-corrected chi connectivity index (χ3v) is 9.40. The van der Waals surface area contributed by atoms with Gasteiger partial charge in [-0.3, -0.25) is 4.90 Å². The highest BCUT2D eigenvalue weighted by Gasteiger charge is 2.50. The van der Waals surface area contributed by atoms with Gasteiger partial charge in [-0.05, 0) is 57.1 Å². The molecule has 2 aromatic heterocycles. The van der Waals surface area contributed by atoms with Crippen molar-refractivity contribution in [3.63, 3.8) is 0 Å². The molecule has 4 heterocycles. The molecule has 2 unspecified atom stereocenters. The largest absolute Gasteiger partial charge is 0.490 e. The molecule has 5 rings (SSSR count). The summed E-state index contributed by atoms with van der Waals surface area (Å²) in [5.41, 5.74) is 3.42. The zero-order chi connectivity index (χ0) is 23.1. The van der Waals surface area contributed by atoms with Gasteiger partial charge in [-0.15, -0.1) is 11.3 Å². The molecular formula is C21H18F3NO4S3. The first-order valence-electron chi connectivity index (χ1n) is 9.52. The second-order valence-electron chi connectivity index (χ2n) is 7.55. The number of alkyl halides is 3. The summed E-state index contributed by atoms with van der Waals surface area (Å²) in [5, 5.41) is 13.1. The molecule has 5 nitrogen and oxygen atoms in total. The van der Waals surface area contributed by atoms with E-state index in [0.29, 0.717) is 11.4 Å². The predicted molar refractivity (Wildman–Crippen MR) is 117 cm³/mol. The molecule has 2 aliphatic rings. The number of aliphatic carboxylic acids is 1.